The Balaban J connectivity index is 1.58. The number of phenols is 1. The molecule has 2 aliphatic rings. The van der Waals surface area contributed by atoms with E-state index in [0.29, 0.717) is 11.5 Å². The maximum atomic E-state index is 12.2. The van der Waals surface area contributed by atoms with Crippen molar-refractivity contribution in [2.45, 2.75) is 31.7 Å². The molecular weight excluding hydrogens is 324 g/mol. The molecule has 1 aliphatic heterocycles. The Labute approximate surface area is 155 Å². The summed E-state index contributed by atoms with van der Waals surface area (Å²) in [5, 5.41) is 9.90. The molecule has 4 rings (SSSR count). The second kappa shape index (κ2) is 7.40. The molecule has 1 aliphatic carbocycles. The molecule has 2 aromatic rings. The van der Waals surface area contributed by atoms with Gasteiger partial charge in [0.1, 0.15) is 11.5 Å². The molecule has 2 unspecified atom stereocenters. The summed E-state index contributed by atoms with van der Waals surface area (Å²) in [4.78, 5) is 17.0. The van der Waals surface area contributed by atoms with E-state index in [1.54, 1.807) is 6.07 Å². The molecule has 0 aromatic heterocycles. The lowest BCUT2D eigenvalue weighted by atomic mass is 9.94. The van der Waals surface area contributed by atoms with E-state index in [2.05, 4.69) is 40.1 Å². The smallest absolute Gasteiger partial charge is 0.136 e. The number of phenolic OH excluding ortho intramolecular Hbond substituents is 1. The van der Waals surface area contributed by atoms with Gasteiger partial charge in [0.2, 0.25) is 0 Å². The van der Waals surface area contributed by atoms with Crippen LogP contribution < -0.4 is 9.80 Å². The number of hydrogen-bond acceptors (Lipinski definition) is 4. The number of carbonyl (C=O) groups is 1. The minimum atomic E-state index is 0.190. The first-order valence-corrected chi connectivity index (χ1v) is 9.59. The topological polar surface area (TPSA) is 43.8 Å². The van der Waals surface area contributed by atoms with E-state index in [1.807, 2.05) is 18.2 Å². The summed E-state index contributed by atoms with van der Waals surface area (Å²) in [6.45, 7) is 2.74. The van der Waals surface area contributed by atoms with Gasteiger partial charge in [0.25, 0.3) is 0 Å². The van der Waals surface area contributed by atoms with Gasteiger partial charge in [-0.2, -0.15) is 0 Å². The van der Waals surface area contributed by atoms with Crippen LogP contribution in [0, 0.1) is 5.92 Å². The monoisotopic (exact) mass is 350 g/mol. The lowest BCUT2D eigenvalue weighted by Gasteiger charge is -2.44. The summed E-state index contributed by atoms with van der Waals surface area (Å²) in [5.41, 5.74) is 2.29. The first kappa shape index (κ1) is 17.0. The molecule has 2 aromatic carbocycles. The summed E-state index contributed by atoms with van der Waals surface area (Å²) in [6, 6.07) is 18.3. The standard InChI is InChI=1S/C22H26N2O2/c25-21-10-5-9-19(15-21)24-13-12-23(18-7-2-1-3-8-18)16-20(24)14-17-6-4-11-22(17)26/h1-3,5,7-10,15,17,20,25H,4,6,11-14,16H2. The molecule has 0 radical (unpaired) electrons. The second-order valence-electron chi connectivity index (χ2n) is 7.44. The number of benzene rings is 2. The van der Waals surface area contributed by atoms with Gasteiger partial charge >= 0.3 is 0 Å². The lowest BCUT2D eigenvalue weighted by Crippen LogP contribution is -2.54. The number of Topliss-reactive ketones (excluding diaryl/α,β-unsaturated/α-hetero) is 1. The van der Waals surface area contributed by atoms with Crippen molar-refractivity contribution in [3.05, 3.63) is 54.6 Å². The fourth-order valence-corrected chi connectivity index (χ4v) is 4.41. The van der Waals surface area contributed by atoms with Gasteiger partial charge in [-0.1, -0.05) is 24.3 Å². The number of piperazine rings is 1. The van der Waals surface area contributed by atoms with E-state index in [4.69, 9.17) is 0 Å². The molecule has 1 N–H and O–H groups in total. The van der Waals surface area contributed by atoms with E-state index in [1.165, 1.54) is 5.69 Å². The normalized spacial score (nSPS) is 23.5. The second-order valence-corrected chi connectivity index (χ2v) is 7.44. The van der Waals surface area contributed by atoms with Gasteiger partial charge in [-0.3, -0.25) is 4.79 Å². The molecule has 0 bridgehead atoms. The zero-order valence-corrected chi connectivity index (χ0v) is 15.1. The molecule has 4 heteroatoms. The van der Waals surface area contributed by atoms with Crippen LogP contribution in [0.5, 0.6) is 5.75 Å². The van der Waals surface area contributed by atoms with E-state index in [0.717, 1.165) is 51.0 Å². The molecule has 26 heavy (non-hydrogen) atoms. The van der Waals surface area contributed by atoms with Crippen molar-refractivity contribution >= 4 is 17.2 Å². The number of hydrogen-bond donors (Lipinski definition) is 1. The van der Waals surface area contributed by atoms with Crippen LogP contribution in [0.4, 0.5) is 11.4 Å². The van der Waals surface area contributed by atoms with Crippen LogP contribution in [0.1, 0.15) is 25.7 Å². The van der Waals surface area contributed by atoms with Gasteiger partial charge in [0, 0.05) is 55.5 Å². The van der Waals surface area contributed by atoms with Crippen LogP contribution in [0.25, 0.3) is 0 Å². The number of ketones is 1. The van der Waals surface area contributed by atoms with Crippen LogP contribution in [-0.2, 0) is 4.79 Å². The van der Waals surface area contributed by atoms with Crippen molar-refractivity contribution in [1.29, 1.82) is 0 Å². The minimum Gasteiger partial charge on any atom is -0.508 e. The fraction of sp³-hybridized carbons (Fsp3) is 0.409. The minimum absolute atomic E-state index is 0.190. The first-order valence-electron chi connectivity index (χ1n) is 9.59. The largest absolute Gasteiger partial charge is 0.508 e. The van der Waals surface area contributed by atoms with Gasteiger partial charge in [-0.25, -0.2) is 0 Å². The third kappa shape index (κ3) is 3.55. The van der Waals surface area contributed by atoms with Crippen molar-refractivity contribution in [2.75, 3.05) is 29.4 Å². The Bertz CT molecular complexity index is 762. The van der Waals surface area contributed by atoms with Crippen molar-refractivity contribution in [1.82, 2.24) is 0 Å². The highest BCUT2D eigenvalue weighted by molar-refractivity contribution is 5.83. The van der Waals surface area contributed by atoms with Gasteiger partial charge in [0.15, 0.2) is 0 Å². The summed E-state index contributed by atoms with van der Waals surface area (Å²) in [6.07, 6.45) is 3.70. The van der Waals surface area contributed by atoms with Crippen molar-refractivity contribution < 1.29 is 9.90 Å². The average molecular weight is 350 g/mol. The molecule has 1 saturated heterocycles. The summed E-state index contributed by atoms with van der Waals surface area (Å²) < 4.78 is 0. The van der Waals surface area contributed by atoms with Gasteiger partial charge in [-0.05, 0) is 43.5 Å². The van der Waals surface area contributed by atoms with Gasteiger partial charge in [0.05, 0.1) is 0 Å². The van der Waals surface area contributed by atoms with Crippen LogP contribution in [0.15, 0.2) is 54.6 Å². The summed E-state index contributed by atoms with van der Waals surface area (Å²) >= 11 is 0. The molecule has 0 amide bonds. The number of para-hydroxylation sites is 1. The van der Waals surface area contributed by atoms with E-state index < -0.39 is 0 Å². The third-order valence-electron chi connectivity index (χ3n) is 5.75. The van der Waals surface area contributed by atoms with Crippen LogP contribution in [0.2, 0.25) is 0 Å². The molecule has 0 spiro atoms. The van der Waals surface area contributed by atoms with Crippen LogP contribution >= 0.6 is 0 Å². The Morgan fingerprint density at radius 2 is 1.81 bits per heavy atom. The molecule has 2 atom stereocenters. The zero-order valence-electron chi connectivity index (χ0n) is 15.1. The highest BCUT2D eigenvalue weighted by atomic mass is 16.3. The van der Waals surface area contributed by atoms with Gasteiger partial charge in [-0.15, -0.1) is 0 Å². The molecule has 1 saturated carbocycles. The Kier molecular flexibility index (Phi) is 4.83. The Hall–Kier alpha value is -2.49. The number of anilines is 2. The molecule has 1 heterocycles. The van der Waals surface area contributed by atoms with E-state index in [9.17, 15) is 9.90 Å². The molecule has 4 nitrogen and oxygen atoms in total. The predicted molar refractivity (Wildman–Crippen MR) is 105 cm³/mol. The Morgan fingerprint density at radius 1 is 1.00 bits per heavy atom. The van der Waals surface area contributed by atoms with Crippen LogP contribution in [-0.4, -0.2) is 36.6 Å². The fourth-order valence-electron chi connectivity index (χ4n) is 4.41. The average Bonchev–Trinajstić information content (AvgIpc) is 3.07. The lowest BCUT2D eigenvalue weighted by molar-refractivity contribution is -0.120. The number of aromatic hydroxyl groups is 1. The van der Waals surface area contributed by atoms with Gasteiger partial charge < -0.3 is 14.9 Å². The van der Waals surface area contributed by atoms with E-state index in [-0.39, 0.29) is 12.0 Å². The van der Waals surface area contributed by atoms with Crippen molar-refractivity contribution in [3.63, 3.8) is 0 Å². The van der Waals surface area contributed by atoms with Crippen molar-refractivity contribution in [3.8, 4) is 5.75 Å². The van der Waals surface area contributed by atoms with Crippen LogP contribution in [0.3, 0.4) is 0 Å². The maximum Gasteiger partial charge on any atom is 0.136 e. The maximum absolute atomic E-state index is 12.2. The highest BCUT2D eigenvalue weighted by Crippen LogP contribution is 2.32. The molecule has 2 fully saturated rings. The molecular formula is C22H26N2O2. The molecule has 136 valence electrons. The van der Waals surface area contributed by atoms with Crippen molar-refractivity contribution in [2.24, 2.45) is 5.92 Å². The number of rotatable bonds is 4. The van der Waals surface area contributed by atoms with E-state index >= 15 is 0 Å². The zero-order chi connectivity index (χ0) is 17.9. The summed E-state index contributed by atoms with van der Waals surface area (Å²) in [5.74, 6) is 0.914. The number of nitrogens with zero attached hydrogens (tertiary/aromatic N) is 2. The third-order valence-corrected chi connectivity index (χ3v) is 5.75. The quantitative estimate of drug-likeness (QED) is 0.910. The predicted octanol–water partition coefficient (Wildman–Crippen LogP) is 3.85. The summed E-state index contributed by atoms with van der Waals surface area (Å²) in [7, 11) is 0. The number of carbonyl (C=O) groups excluding carboxylic acids is 1. The Morgan fingerprint density at radius 3 is 2.54 bits per heavy atom. The first-order chi connectivity index (χ1) is 12.7. The SMILES string of the molecule is O=C1CCCC1CC1CN(c2ccccc2)CCN1c1cccc(O)c1. The highest BCUT2D eigenvalue weighted by Gasteiger charge is 2.33.